The van der Waals surface area contributed by atoms with Crippen molar-refractivity contribution >= 4 is 40.9 Å². The number of hydrogen-bond acceptors (Lipinski definition) is 6. The van der Waals surface area contributed by atoms with E-state index >= 15 is 0 Å². The topological polar surface area (TPSA) is 93.5 Å². The van der Waals surface area contributed by atoms with Crippen molar-refractivity contribution in [1.82, 2.24) is 9.78 Å². The van der Waals surface area contributed by atoms with Crippen molar-refractivity contribution in [3.63, 3.8) is 0 Å². The molecule has 30 heavy (non-hydrogen) atoms. The molecule has 1 aromatic carbocycles. The van der Waals surface area contributed by atoms with Crippen LogP contribution in [0.15, 0.2) is 29.2 Å². The van der Waals surface area contributed by atoms with Crippen LogP contribution in [0.25, 0.3) is 0 Å². The average Bonchev–Trinajstić information content (AvgIpc) is 3.22. The van der Waals surface area contributed by atoms with Crippen LogP contribution in [0.3, 0.4) is 0 Å². The van der Waals surface area contributed by atoms with Gasteiger partial charge in [0.2, 0.25) is 5.91 Å². The third kappa shape index (κ3) is 4.51. The van der Waals surface area contributed by atoms with E-state index < -0.39 is 23.9 Å². The lowest BCUT2D eigenvalue weighted by molar-refractivity contribution is -0.157. The first-order chi connectivity index (χ1) is 14.2. The number of thioether (sulfide) groups is 1. The molecule has 2 aromatic rings. The Morgan fingerprint density at radius 1 is 1.27 bits per heavy atom. The summed E-state index contributed by atoms with van der Waals surface area (Å²) in [6, 6.07) is 7.61. The van der Waals surface area contributed by atoms with Gasteiger partial charge in [-0.15, -0.1) is 11.8 Å². The summed E-state index contributed by atoms with van der Waals surface area (Å²) in [6.07, 6.45) is 1.07. The number of benzene rings is 1. The number of rotatable bonds is 6. The maximum absolute atomic E-state index is 12.6. The van der Waals surface area contributed by atoms with E-state index in [1.807, 2.05) is 37.4 Å². The Hall–Kier alpha value is -2.81. The quantitative estimate of drug-likeness (QED) is 0.559. The third-order valence-electron chi connectivity index (χ3n) is 5.26. The largest absolute Gasteiger partial charge is 0.452 e. The number of aryl methyl sites for hydroxylation is 2. The Kier molecular flexibility index (Phi) is 6.50. The monoisotopic (exact) mass is 430 g/mol. The number of amides is 2. The zero-order valence-electron chi connectivity index (χ0n) is 17.8. The number of nitrogens with one attached hydrogen (secondary N) is 1. The van der Waals surface area contributed by atoms with Crippen LogP contribution in [0.1, 0.15) is 24.7 Å². The Morgan fingerprint density at radius 2 is 1.93 bits per heavy atom. The molecule has 2 atom stereocenters. The summed E-state index contributed by atoms with van der Waals surface area (Å²) in [7, 11) is 1.79. The summed E-state index contributed by atoms with van der Waals surface area (Å²) in [5, 5.41) is 7.02. The SMILES string of the molecule is CSc1ccc(N2CC(C(=O)OC(C)C(=O)Nc3c(C)nn(C)c3C)CC2=O)cc1. The van der Waals surface area contributed by atoms with Crippen LogP contribution in [0.2, 0.25) is 0 Å². The van der Waals surface area contributed by atoms with Crippen molar-refractivity contribution in [3.8, 4) is 0 Å². The number of aromatic nitrogens is 2. The van der Waals surface area contributed by atoms with Gasteiger partial charge < -0.3 is 15.0 Å². The number of ether oxygens (including phenoxy) is 1. The van der Waals surface area contributed by atoms with Gasteiger partial charge in [-0.05, 0) is 51.3 Å². The van der Waals surface area contributed by atoms with Crippen LogP contribution in [-0.4, -0.2) is 46.5 Å². The predicted molar refractivity (Wildman–Crippen MR) is 116 cm³/mol. The molecular weight excluding hydrogens is 404 g/mol. The van der Waals surface area contributed by atoms with E-state index in [1.165, 1.54) is 6.92 Å². The first kappa shape index (κ1) is 21.9. The number of esters is 1. The second-order valence-electron chi connectivity index (χ2n) is 7.34. The van der Waals surface area contributed by atoms with Crippen LogP contribution in [-0.2, 0) is 26.2 Å². The Labute approximate surface area is 180 Å². The van der Waals surface area contributed by atoms with Crippen LogP contribution in [0.4, 0.5) is 11.4 Å². The first-order valence-electron chi connectivity index (χ1n) is 9.67. The lowest BCUT2D eigenvalue weighted by atomic mass is 10.1. The summed E-state index contributed by atoms with van der Waals surface area (Å²) >= 11 is 1.62. The van der Waals surface area contributed by atoms with Crippen molar-refractivity contribution in [2.45, 2.75) is 38.2 Å². The van der Waals surface area contributed by atoms with E-state index in [4.69, 9.17) is 4.74 Å². The molecule has 3 rings (SSSR count). The molecule has 0 radical (unpaired) electrons. The van der Waals surface area contributed by atoms with Gasteiger partial charge in [0, 0.05) is 30.6 Å². The summed E-state index contributed by atoms with van der Waals surface area (Å²) in [4.78, 5) is 40.1. The van der Waals surface area contributed by atoms with Crippen molar-refractivity contribution in [2.24, 2.45) is 13.0 Å². The molecule has 1 fully saturated rings. The molecule has 1 aliphatic rings. The fourth-order valence-corrected chi connectivity index (χ4v) is 3.79. The highest BCUT2D eigenvalue weighted by Gasteiger charge is 2.37. The van der Waals surface area contributed by atoms with E-state index in [0.29, 0.717) is 11.4 Å². The predicted octanol–water partition coefficient (Wildman–Crippen LogP) is 2.68. The molecule has 9 heteroatoms. The average molecular weight is 431 g/mol. The van der Waals surface area contributed by atoms with Crippen LogP contribution >= 0.6 is 11.8 Å². The number of nitrogens with zero attached hydrogens (tertiary/aromatic N) is 3. The summed E-state index contributed by atoms with van der Waals surface area (Å²) in [5.41, 5.74) is 2.86. The van der Waals surface area contributed by atoms with E-state index in [2.05, 4.69) is 10.4 Å². The Balaban J connectivity index is 1.59. The first-order valence-corrected chi connectivity index (χ1v) is 10.9. The fraction of sp³-hybridized carbons (Fsp3) is 0.429. The summed E-state index contributed by atoms with van der Waals surface area (Å²) in [5.74, 6) is -1.72. The van der Waals surface area contributed by atoms with Crippen molar-refractivity contribution in [1.29, 1.82) is 0 Å². The molecule has 2 unspecified atom stereocenters. The Bertz CT molecular complexity index is 970. The smallest absolute Gasteiger partial charge is 0.312 e. The molecule has 0 saturated carbocycles. The molecule has 1 saturated heterocycles. The molecule has 0 spiro atoms. The lowest BCUT2D eigenvalue weighted by Crippen LogP contribution is -2.33. The van der Waals surface area contributed by atoms with Crippen LogP contribution in [0, 0.1) is 19.8 Å². The number of carbonyl (C=O) groups is 3. The summed E-state index contributed by atoms with van der Waals surface area (Å²) < 4.78 is 7.04. The van der Waals surface area contributed by atoms with E-state index in [0.717, 1.165) is 16.3 Å². The van der Waals surface area contributed by atoms with Gasteiger partial charge in [-0.3, -0.25) is 19.1 Å². The molecule has 1 aromatic heterocycles. The minimum absolute atomic E-state index is 0.0677. The standard InChI is InChI=1S/C21H26N4O4S/c1-12-19(13(2)24(4)23-12)22-20(27)14(3)29-21(28)15-10-18(26)25(11-15)16-6-8-17(30-5)9-7-16/h6-9,14-15H,10-11H2,1-5H3,(H,22,27). The van der Waals surface area contributed by atoms with Gasteiger partial charge in [-0.25, -0.2) is 0 Å². The maximum Gasteiger partial charge on any atom is 0.312 e. The zero-order valence-corrected chi connectivity index (χ0v) is 18.6. The second kappa shape index (κ2) is 8.91. The molecule has 2 heterocycles. The lowest BCUT2D eigenvalue weighted by Gasteiger charge is -2.18. The van der Waals surface area contributed by atoms with E-state index in [9.17, 15) is 14.4 Å². The summed E-state index contributed by atoms with van der Waals surface area (Å²) in [6.45, 7) is 5.40. The number of hydrogen-bond donors (Lipinski definition) is 1. The molecule has 2 amide bonds. The highest BCUT2D eigenvalue weighted by Crippen LogP contribution is 2.28. The van der Waals surface area contributed by atoms with Crippen molar-refractivity contribution < 1.29 is 19.1 Å². The molecule has 1 N–H and O–H groups in total. The normalized spacial score (nSPS) is 17.2. The number of carbonyl (C=O) groups excluding carboxylic acids is 3. The van der Waals surface area contributed by atoms with Gasteiger partial charge in [0.25, 0.3) is 5.91 Å². The molecule has 8 nitrogen and oxygen atoms in total. The van der Waals surface area contributed by atoms with Crippen LogP contribution in [0.5, 0.6) is 0 Å². The van der Waals surface area contributed by atoms with Gasteiger partial charge in [0.15, 0.2) is 6.10 Å². The van der Waals surface area contributed by atoms with Crippen molar-refractivity contribution in [3.05, 3.63) is 35.7 Å². The molecule has 0 aliphatic carbocycles. The zero-order chi connectivity index (χ0) is 22.0. The minimum Gasteiger partial charge on any atom is -0.452 e. The Morgan fingerprint density at radius 3 is 2.50 bits per heavy atom. The van der Waals surface area contributed by atoms with Gasteiger partial charge in [0.05, 0.1) is 23.0 Å². The number of anilines is 2. The highest BCUT2D eigenvalue weighted by molar-refractivity contribution is 7.98. The maximum atomic E-state index is 12.6. The minimum atomic E-state index is -0.985. The van der Waals surface area contributed by atoms with Crippen LogP contribution < -0.4 is 10.2 Å². The highest BCUT2D eigenvalue weighted by atomic mass is 32.2. The third-order valence-corrected chi connectivity index (χ3v) is 6.01. The van der Waals surface area contributed by atoms with E-state index in [-0.39, 0.29) is 18.9 Å². The second-order valence-corrected chi connectivity index (χ2v) is 8.22. The van der Waals surface area contributed by atoms with E-state index in [1.54, 1.807) is 35.3 Å². The molecular formula is C21H26N4O4S. The molecule has 0 bridgehead atoms. The van der Waals surface area contributed by atoms with Gasteiger partial charge in [0.1, 0.15) is 0 Å². The molecule has 1 aliphatic heterocycles. The molecule has 160 valence electrons. The van der Waals surface area contributed by atoms with Gasteiger partial charge in [-0.1, -0.05) is 0 Å². The fourth-order valence-electron chi connectivity index (χ4n) is 3.38. The van der Waals surface area contributed by atoms with Gasteiger partial charge in [-0.2, -0.15) is 5.10 Å². The van der Waals surface area contributed by atoms with Gasteiger partial charge >= 0.3 is 5.97 Å². The van der Waals surface area contributed by atoms with Crippen molar-refractivity contribution in [2.75, 3.05) is 23.0 Å².